The summed E-state index contributed by atoms with van der Waals surface area (Å²) in [6.45, 7) is 4.26. The zero-order valence-electron chi connectivity index (χ0n) is 8.71. The van der Waals surface area contributed by atoms with Crippen LogP contribution in [0.5, 0.6) is 0 Å². The lowest BCUT2D eigenvalue weighted by atomic mass is 9.88. The van der Waals surface area contributed by atoms with E-state index in [2.05, 4.69) is 26.0 Å². The molecule has 1 aliphatic carbocycles. The molecule has 0 aromatic carbocycles. The van der Waals surface area contributed by atoms with Gasteiger partial charge in [0, 0.05) is 0 Å². The minimum Gasteiger partial charge on any atom is -0.393 e. The van der Waals surface area contributed by atoms with Gasteiger partial charge in [-0.05, 0) is 46.0 Å². The molecule has 0 radical (unpaired) electrons. The van der Waals surface area contributed by atoms with Crippen molar-refractivity contribution in [3.8, 4) is 0 Å². The third kappa shape index (κ3) is 3.35. The molecule has 1 rings (SSSR count). The fraction of sp³-hybridized carbons (Fsp3) is 0.667. The van der Waals surface area contributed by atoms with Gasteiger partial charge in [-0.25, -0.2) is 0 Å². The van der Waals surface area contributed by atoms with Gasteiger partial charge in [0.2, 0.25) is 0 Å². The van der Waals surface area contributed by atoms with Crippen LogP contribution >= 0.6 is 0 Å². The summed E-state index contributed by atoms with van der Waals surface area (Å²) < 4.78 is 0. The van der Waals surface area contributed by atoms with Crippen molar-refractivity contribution in [3.05, 3.63) is 23.3 Å². The second kappa shape index (κ2) is 5.23. The fourth-order valence-corrected chi connectivity index (χ4v) is 1.86. The molecule has 1 nitrogen and oxygen atoms in total. The van der Waals surface area contributed by atoms with Gasteiger partial charge in [-0.1, -0.05) is 23.3 Å². The Morgan fingerprint density at radius 2 is 2.31 bits per heavy atom. The molecule has 0 heterocycles. The molecule has 0 spiro atoms. The molecule has 0 amide bonds. The van der Waals surface area contributed by atoms with Gasteiger partial charge >= 0.3 is 0 Å². The number of allylic oxidation sites excluding steroid dienone is 3. The van der Waals surface area contributed by atoms with Crippen LogP contribution in [0.1, 0.15) is 46.0 Å². The fourth-order valence-electron chi connectivity index (χ4n) is 1.86. The highest BCUT2D eigenvalue weighted by Gasteiger charge is 2.15. The quantitative estimate of drug-likeness (QED) is 0.661. The van der Waals surface area contributed by atoms with E-state index in [1.807, 2.05) is 0 Å². The molecule has 0 saturated carbocycles. The van der Waals surface area contributed by atoms with E-state index in [0.29, 0.717) is 0 Å². The lowest BCUT2D eigenvalue weighted by Gasteiger charge is -2.21. The molecule has 0 bridgehead atoms. The average molecular weight is 180 g/mol. The van der Waals surface area contributed by atoms with Crippen molar-refractivity contribution in [2.45, 2.75) is 52.1 Å². The van der Waals surface area contributed by atoms with Crippen molar-refractivity contribution >= 4 is 0 Å². The predicted molar refractivity (Wildman–Crippen MR) is 56.6 cm³/mol. The first kappa shape index (κ1) is 10.5. The number of hydrogen-bond acceptors (Lipinski definition) is 1. The van der Waals surface area contributed by atoms with E-state index < -0.39 is 0 Å². The van der Waals surface area contributed by atoms with Gasteiger partial charge in [0.25, 0.3) is 0 Å². The Hall–Kier alpha value is -0.560. The first-order chi connectivity index (χ1) is 6.24. The van der Waals surface area contributed by atoms with Gasteiger partial charge in [0.05, 0.1) is 6.10 Å². The van der Waals surface area contributed by atoms with E-state index in [0.717, 1.165) is 32.1 Å². The zero-order valence-corrected chi connectivity index (χ0v) is 8.71. The van der Waals surface area contributed by atoms with Crippen LogP contribution in [0.15, 0.2) is 23.3 Å². The lowest BCUT2D eigenvalue weighted by molar-refractivity contribution is 0.157. The molecule has 0 aromatic rings. The zero-order chi connectivity index (χ0) is 9.68. The van der Waals surface area contributed by atoms with Crippen LogP contribution in [0, 0.1) is 0 Å². The summed E-state index contributed by atoms with van der Waals surface area (Å²) in [5.74, 6) is 0. The lowest BCUT2D eigenvalue weighted by Crippen LogP contribution is -2.13. The highest BCUT2D eigenvalue weighted by molar-refractivity contribution is 5.17. The maximum atomic E-state index is 9.50. The Morgan fingerprint density at radius 3 is 3.00 bits per heavy atom. The van der Waals surface area contributed by atoms with Gasteiger partial charge in [0.15, 0.2) is 0 Å². The molecule has 0 aromatic heterocycles. The second-order valence-electron chi connectivity index (χ2n) is 3.89. The van der Waals surface area contributed by atoms with E-state index in [1.165, 1.54) is 11.1 Å². The molecular formula is C12H20O. The van der Waals surface area contributed by atoms with Crippen molar-refractivity contribution in [1.29, 1.82) is 0 Å². The normalized spacial score (nSPS) is 24.4. The molecule has 13 heavy (non-hydrogen) atoms. The Balaban J connectivity index is 2.45. The van der Waals surface area contributed by atoms with Gasteiger partial charge in [-0.3, -0.25) is 0 Å². The Morgan fingerprint density at radius 1 is 1.54 bits per heavy atom. The van der Waals surface area contributed by atoms with Crippen LogP contribution in [0.4, 0.5) is 0 Å². The molecule has 1 atom stereocenters. The van der Waals surface area contributed by atoms with Gasteiger partial charge < -0.3 is 5.11 Å². The SMILES string of the molecule is C/C=C/CCC1=C(C)CCC(O)C1. The van der Waals surface area contributed by atoms with Gasteiger partial charge in [-0.15, -0.1) is 0 Å². The molecule has 1 aliphatic rings. The highest BCUT2D eigenvalue weighted by Crippen LogP contribution is 2.27. The van der Waals surface area contributed by atoms with Crippen molar-refractivity contribution in [2.24, 2.45) is 0 Å². The van der Waals surface area contributed by atoms with Crippen molar-refractivity contribution in [1.82, 2.24) is 0 Å². The van der Waals surface area contributed by atoms with Crippen molar-refractivity contribution in [2.75, 3.05) is 0 Å². The molecule has 74 valence electrons. The topological polar surface area (TPSA) is 20.2 Å². The number of rotatable bonds is 3. The van der Waals surface area contributed by atoms with Crippen LogP contribution < -0.4 is 0 Å². The second-order valence-corrected chi connectivity index (χ2v) is 3.89. The summed E-state index contributed by atoms with van der Waals surface area (Å²) in [5, 5.41) is 9.50. The van der Waals surface area contributed by atoms with Crippen LogP contribution in [-0.4, -0.2) is 11.2 Å². The molecular weight excluding hydrogens is 160 g/mol. The summed E-state index contributed by atoms with van der Waals surface area (Å²) in [6, 6.07) is 0. The summed E-state index contributed by atoms with van der Waals surface area (Å²) in [6.07, 6.45) is 9.41. The smallest absolute Gasteiger partial charge is 0.0580 e. The summed E-state index contributed by atoms with van der Waals surface area (Å²) in [7, 11) is 0. The average Bonchev–Trinajstić information content (AvgIpc) is 2.11. The number of aliphatic hydroxyl groups excluding tert-OH is 1. The number of aliphatic hydroxyl groups is 1. The van der Waals surface area contributed by atoms with Crippen LogP contribution in [0.25, 0.3) is 0 Å². The first-order valence-electron chi connectivity index (χ1n) is 5.20. The standard InChI is InChI=1S/C12H20O/c1-3-4-5-6-11-9-12(13)8-7-10(11)2/h3-4,12-13H,5-9H2,1-2H3/b4-3+. The molecule has 1 N–H and O–H groups in total. The van der Waals surface area contributed by atoms with Crippen LogP contribution in [0.2, 0.25) is 0 Å². The molecule has 0 aliphatic heterocycles. The van der Waals surface area contributed by atoms with E-state index >= 15 is 0 Å². The Labute approximate surface area is 81.2 Å². The van der Waals surface area contributed by atoms with Crippen LogP contribution in [-0.2, 0) is 0 Å². The Kier molecular flexibility index (Phi) is 4.23. The third-order valence-electron chi connectivity index (χ3n) is 2.79. The van der Waals surface area contributed by atoms with E-state index in [4.69, 9.17) is 0 Å². The maximum absolute atomic E-state index is 9.50. The van der Waals surface area contributed by atoms with Crippen molar-refractivity contribution in [3.63, 3.8) is 0 Å². The minimum absolute atomic E-state index is 0.0793. The monoisotopic (exact) mass is 180 g/mol. The predicted octanol–water partition coefficient (Wildman–Crippen LogP) is 3.20. The third-order valence-corrected chi connectivity index (χ3v) is 2.79. The van der Waals surface area contributed by atoms with Crippen molar-refractivity contribution < 1.29 is 5.11 Å². The first-order valence-corrected chi connectivity index (χ1v) is 5.20. The van der Waals surface area contributed by atoms with Gasteiger partial charge in [-0.2, -0.15) is 0 Å². The number of hydrogen-bond donors (Lipinski definition) is 1. The van der Waals surface area contributed by atoms with E-state index in [9.17, 15) is 5.11 Å². The molecule has 1 unspecified atom stereocenters. The molecule has 0 saturated heterocycles. The van der Waals surface area contributed by atoms with E-state index in [-0.39, 0.29) is 6.10 Å². The highest BCUT2D eigenvalue weighted by atomic mass is 16.3. The summed E-state index contributed by atoms with van der Waals surface area (Å²) >= 11 is 0. The van der Waals surface area contributed by atoms with E-state index in [1.54, 1.807) is 0 Å². The largest absolute Gasteiger partial charge is 0.393 e. The maximum Gasteiger partial charge on any atom is 0.0580 e. The van der Waals surface area contributed by atoms with Gasteiger partial charge in [0.1, 0.15) is 0 Å². The Bertz CT molecular complexity index is 213. The van der Waals surface area contributed by atoms with Crippen LogP contribution in [0.3, 0.4) is 0 Å². The molecule has 1 heteroatoms. The molecule has 0 fully saturated rings. The minimum atomic E-state index is -0.0793. The summed E-state index contributed by atoms with van der Waals surface area (Å²) in [4.78, 5) is 0. The summed E-state index contributed by atoms with van der Waals surface area (Å²) in [5.41, 5.74) is 2.99.